The molecule has 0 unspecified atom stereocenters. The van der Waals surface area contributed by atoms with Crippen LogP contribution < -0.4 is 15.8 Å². The van der Waals surface area contributed by atoms with Crippen LogP contribution in [0.4, 0.5) is 0 Å². The molecule has 1 saturated carbocycles. The number of carbonyl (C=O) groups excluding carboxylic acids is 1. The number of carbonyl (C=O) groups is 1. The van der Waals surface area contributed by atoms with Gasteiger partial charge in [-0.3, -0.25) is 4.79 Å². The average Bonchev–Trinajstić information content (AvgIpc) is 3.07. The van der Waals surface area contributed by atoms with Crippen molar-refractivity contribution in [3.63, 3.8) is 0 Å². The number of nitrogens with two attached hydrogens (primary N) is 1. The molecule has 4 nitrogen and oxygen atoms in total. The molecule has 1 atom stereocenters. The van der Waals surface area contributed by atoms with Gasteiger partial charge in [0.1, 0.15) is 5.75 Å². The monoisotopic (exact) mass is 274 g/mol. The van der Waals surface area contributed by atoms with Crippen molar-refractivity contribution in [2.24, 2.45) is 5.73 Å². The van der Waals surface area contributed by atoms with Crippen LogP contribution in [0.2, 0.25) is 0 Å². The number of fused-ring (bicyclic) bond motifs is 1. The van der Waals surface area contributed by atoms with Crippen LogP contribution in [0.25, 0.3) is 0 Å². The third-order valence-electron chi connectivity index (χ3n) is 4.33. The lowest BCUT2D eigenvalue weighted by molar-refractivity contribution is -0.123. The van der Waals surface area contributed by atoms with Crippen LogP contribution in [0, 0.1) is 0 Å². The Kier molecular flexibility index (Phi) is 3.92. The Morgan fingerprint density at radius 2 is 2.10 bits per heavy atom. The smallest absolute Gasteiger partial charge is 0.258 e. The van der Waals surface area contributed by atoms with Crippen LogP contribution in [0.1, 0.15) is 49.3 Å². The first-order valence-electron chi connectivity index (χ1n) is 7.53. The summed E-state index contributed by atoms with van der Waals surface area (Å²) >= 11 is 0. The summed E-state index contributed by atoms with van der Waals surface area (Å²) < 4.78 is 5.59. The molecule has 1 aromatic rings. The molecule has 0 heterocycles. The largest absolute Gasteiger partial charge is 0.484 e. The second-order valence-corrected chi connectivity index (χ2v) is 5.84. The number of ether oxygens (including phenoxy) is 1. The molecular formula is C16H22N2O2. The molecular weight excluding hydrogens is 252 g/mol. The minimum atomic E-state index is -0.0194. The standard InChI is InChI=1S/C16H22N2O2/c17-15-8-5-11-9-13(6-7-14(11)15)20-10-16(19)18-12-3-1-2-4-12/h6-7,9,12,15H,1-5,8,10,17H2,(H,18,19)/t15-/m0/s1. The Bertz CT molecular complexity index is 495. The highest BCUT2D eigenvalue weighted by molar-refractivity contribution is 5.77. The molecule has 0 aliphatic heterocycles. The Morgan fingerprint density at radius 1 is 1.30 bits per heavy atom. The topological polar surface area (TPSA) is 64.3 Å². The van der Waals surface area contributed by atoms with Gasteiger partial charge in [0.15, 0.2) is 6.61 Å². The number of amides is 1. The van der Waals surface area contributed by atoms with Gasteiger partial charge in [-0.15, -0.1) is 0 Å². The van der Waals surface area contributed by atoms with Crippen LogP contribution in [0.5, 0.6) is 5.75 Å². The van der Waals surface area contributed by atoms with E-state index in [9.17, 15) is 4.79 Å². The molecule has 0 bridgehead atoms. The third kappa shape index (κ3) is 2.96. The van der Waals surface area contributed by atoms with E-state index in [1.54, 1.807) is 0 Å². The van der Waals surface area contributed by atoms with Gasteiger partial charge < -0.3 is 15.8 Å². The Balaban J connectivity index is 1.52. The zero-order chi connectivity index (χ0) is 13.9. The normalized spacial score (nSPS) is 21.8. The van der Waals surface area contributed by atoms with Gasteiger partial charge in [-0.05, 0) is 48.9 Å². The molecule has 0 aromatic heterocycles. The van der Waals surface area contributed by atoms with Crippen molar-refractivity contribution in [2.45, 2.75) is 50.6 Å². The maximum atomic E-state index is 11.8. The van der Waals surface area contributed by atoms with Crippen molar-refractivity contribution in [1.29, 1.82) is 0 Å². The zero-order valence-corrected chi connectivity index (χ0v) is 11.7. The lowest BCUT2D eigenvalue weighted by Crippen LogP contribution is -2.36. The summed E-state index contributed by atoms with van der Waals surface area (Å²) in [6, 6.07) is 6.46. The van der Waals surface area contributed by atoms with E-state index in [0.29, 0.717) is 6.04 Å². The Hall–Kier alpha value is -1.55. The molecule has 20 heavy (non-hydrogen) atoms. The minimum absolute atomic E-state index is 0.0194. The first kappa shape index (κ1) is 13.4. The maximum absolute atomic E-state index is 11.8. The lowest BCUT2D eigenvalue weighted by atomic mass is 10.1. The molecule has 1 aromatic carbocycles. The number of hydrogen-bond donors (Lipinski definition) is 2. The molecule has 0 spiro atoms. The molecule has 1 amide bonds. The van der Waals surface area contributed by atoms with Crippen LogP contribution in [0.15, 0.2) is 18.2 Å². The van der Waals surface area contributed by atoms with Gasteiger partial charge in [-0.25, -0.2) is 0 Å². The summed E-state index contributed by atoms with van der Waals surface area (Å²) in [5.74, 6) is 0.744. The summed E-state index contributed by atoms with van der Waals surface area (Å²) in [7, 11) is 0. The van der Waals surface area contributed by atoms with E-state index in [-0.39, 0.29) is 18.6 Å². The highest BCUT2D eigenvalue weighted by Crippen LogP contribution is 2.31. The van der Waals surface area contributed by atoms with E-state index in [0.717, 1.165) is 31.4 Å². The van der Waals surface area contributed by atoms with Gasteiger partial charge in [0.2, 0.25) is 0 Å². The Labute approximate surface area is 119 Å². The highest BCUT2D eigenvalue weighted by atomic mass is 16.5. The maximum Gasteiger partial charge on any atom is 0.258 e. The van der Waals surface area contributed by atoms with Crippen LogP contribution in [0.3, 0.4) is 0 Å². The fourth-order valence-corrected chi connectivity index (χ4v) is 3.21. The van der Waals surface area contributed by atoms with Crippen LogP contribution >= 0.6 is 0 Å². The van der Waals surface area contributed by atoms with E-state index < -0.39 is 0 Å². The van der Waals surface area contributed by atoms with Gasteiger partial charge in [-0.2, -0.15) is 0 Å². The van der Waals surface area contributed by atoms with Gasteiger partial charge in [0.25, 0.3) is 5.91 Å². The molecule has 3 rings (SSSR count). The van der Waals surface area contributed by atoms with Gasteiger partial charge in [-0.1, -0.05) is 18.9 Å². The predicted octanol–water partition coefficient (Wildman–Crippen LogP) is 2.07. The van der Waals surface area contributed by atoms with Crippen molar-refractivity contribution < 1.29 is 9.53 Å². The fourth-order valence-electron chi connectivity index (χ4n) is 3.21. The summed E-state index contributed by atoms with van der Waals surface area (Å²) in [5.41, 5.74) is 8.48. The molecule has 0 saturated heterocycles. The molecule has 1 fully saturated rings. The second-order valence-electron chi connectivity index (χ2n) is 5.84. The van der Waals surface area contributed by atoms with E-state index in [4.69, 9.17) is 10.5 Å². The Morgan fingerprint density at radius 3 is 2.90 bits per heavy atom. The van der Waals surface area contributed by atoms with E-state index in [1.807, 2.05) is 18.2 Å². The summed E-state index contributed by atoms with van der Waals surface area (Å²) in [5, 5.41) is 3.02. The number of rotatable bonds is 4. The van der Waals surface area contributed by atoms with Crippen molar-refractivity contribution in [1.82, 2.24) is 5.32 Å². The average molecular weight is 274 g/mol. The van der Waals surface area contributed by atoms with E-state index >= 15 is 0 Å². The molecule has 4 heteroatoms. The summed E-state index contributed by atoms with van der Waals surface area (Å²) in [6.45, 7) is 0.0986. The van der Waals surface area contributed by atoms with Gasteiger partial charge >= 0.3 is 0 Å². The van der Waals surface area contributed by atoms with Crippen LogP contribution in [-0.4, -0.2) is 18.6 Å². The van der Waals surface area contributed by atoms with Crippen molar-refractivity contribution >= 4 is 5.91 Å². The number of benzene rings is 1. The van der Waals surface area contributed by atoms with Crippen LogP contribution in [-0.2, 0) is 11.2 Å². The molecule has 3 N–H and O–H groups in total. The first-order valence-corrected chi connectivity index (χ1v) is 7.53. The zero-order valence-electron chi connectivity index (χ0n) is 11.7. The predicted molar refractivity (Wildman–Crippen MR) is 77.6 cm³/mol. The molecule has 0 radical (unpaired) electrons. The summed E-state index contributed by atoms with van der Waals surface area (Å²) in [4.78, 5) is 11.8. The SMILES string of the molecule is N[C@H]1CCc2cc(OCC(=O)NC3CCCC3)ccc21. The number of aryl methyl sites for hydroxylation is 1. The molecule has 2 aliphatic rings. The van der Waals surface area contributed by atoms with E-state index in [1.165, 1.54) is 24.0 Å². The fraction of sp³-hybridized carbons (Fsp3) is 0.562. The lowest BCUT2D eigenvalue weighted by Gasteiger charge is -2.13. The van der Waals surface area contributed by atoms with Crippen molar-refractivity contribution in [3.8, 4) is 5.75 Å². The van der Waals surface area contributed by atoms with E-state index in [2.05, 4.69) is 5.32 Å². The molecule has 108 valence electrons. The minimum Gasteiger partial charge on any atom is -0.484 e. The van der Waals surface area contributed by atoms with Gasteiger partial charge in [0.05, 0.1) is 0 Å². The third-order valence-corrected chi connectivity index (χ3v) is 4.33. The highest BCUT2D eigenvalue weighted by Gasteiger charge is 2.20. The quantitative estimate of drug-likeness (QED) is 0.883. The number of nitrogens with one attached hydrogen (secondary N) is 1. The van der Waals surface area contributed by atoms with Gasteiger partial charge in [0, 0.05) is 12.1 Å². The molecule has 2 aliphatic carbocycles. The van der Waals surface area contributed by atoms with Crippen molar-refractivity contribution in [3.05, 3.63) is 29.3 Å². The van der Waals surface area contributed by atoms with Crippen molar-refractivity contribution in [2.75, 3.05) is 6.61 Å². The second kappa shape index (κ2) is 5.83. The number of hydrogen-bond acceptors (Lipinski definition) is 3. The first-order chi connectivity index (χ1) is 9.72. The summed E-state index contributed by atoms with van der Waals surface area (Å²) in [6.07, 6.45) is 6.64.